The maximum absolute atomic E-state index is 14.7. The highest BCUT2D eigenvalue weighted by atomic mass is 19.3. The first kappa shape index (κ1) is 24.2. The third kappa shape index (κ3) is 4.92. The summed E-state index contributed by atoms with van der Waals surface area (Å²) in [5, 5.41) is 3.85. The van der Waals surface area contributed by atoms with E-state index in [2.05, 4.69) is 9.47 Å². The summed E-state index contributed by atoms with van der Waals surface area (Å²) < 4.78 is 56.2. The van der Waals surface area contributed by atoms with Crippen LogP contribution >= 0.6 is 0 Å². The number of hydrogen-bond acceptors (Lipinski definition) is 7. The van der Waals surface area contributed by atoms with Crippen LogP contribution in [0.4, 0.5) is 18.0 Å². The second-order valence-corrected chi connectivity index (χ2v) is 8.39. The molecule has 3 heterocycles. The SMILES string of the molecule is O=C1NC(=O)C(=Cc2ccc(OC3CCN(C(=O)c4cccc5c4OC(F)(F)O5)CC3)c(F)c2)C(=O)N1. The van der Waals surface area contributed by atoms with Crippen molar-refractivity contribution in [2.45, 2.75) is 25.2 Å². The summed E-state index contributed by atoms with van der Waals surface area (Å²) in [6.07, 6.45) is -2.42. The van der Waals surface area contributed by atoms with Gasteiger partial charge in [-0.3, -0.25) is 25.0 Å². The number of alkyl halides is 2. The third-order valence-electron chi connectivity index (χ3n) is 5.89. The number of fused-ring (bicyclic) bond motifs is 1. The maximum atomic E-state index is 14.7. The van der Waals surface area contributed by atoms with E-state index < -0.39 is 42.0 Å². The molecule has 0 saturated carbocycles. The molecule has 3 aliphatic rings. The number of para-hydroxylation sites is 1. The predicted molar refractivity (Wildman–Crippen MR) is 118 cm³/mol. The van der Waals surface area contributed by atoms with Crippen molar-refractivity contribution in [2.75, 3.05) is 13.1 Å². The number of nitrogens with one attached hydrogen (secondary N) is 2. The van der Waals surface area contributed by atoms with Gasteiger partial charge in [0, 0.05) is 25.9 Å². The number of likely N-dealkylation sites (tertiary alicyclic amines) is 1. The third-order valence-corrected chi connectivity index (χ3v) is 5.89. The van der Waals surface area contributed by atoms with Crippen molar-refractivity contribution in [1.29, 1.82) is 0 Å². The number of carbonyl (C=O) groups is 4. The molecule has 2 saturated heterocycles. The van der Waals surface area contributed by atoms with E-state index in [0.717, 1.165) is 12.1 Å². The Labute approximate surface area is 207 Å². The van der Waals surface area contributed by atoms with Crippen LogP contribution in [-0.2, 0) is 9.59 Å². The van der Waals surface area contributed by atoms with Gasteiger partial charge in [-0.2, -0.15) is 0 Å². The average molecular weight is 517 g/mol. The molecule has 5 rings (SSSR count). The standard InChI is InChI=1S/C24H18F3N3O7/c25-16-11-12(10-15-20(31)28-23(34)29-21(15)32)4-5-17(16)35-13-6-8-30(9-7-13)22(33)14-2-1-3-18-19(14)37-24(26,27)36-18/h1-5,10-11,13H,6-9H2,(H2,28,29,31,32,34). The molecule has 0 aromatic heterocycles. The number of piperidine rings is 1. The summed E-state index contributed by atoms with van der Waals surface area (Å²) in [4.78, 5) is 49.2. The van der Waals surface area contributed by atoms with Crippen LogP contribution in [0.25, 0.3) is 6.08 Å². The predicted octanol–water partition coefficient (Wildman–Crippen LogP) is 2.58. The number of hydrogen-bond donors (Lipinski definition) is 2. The lowest BCUT2D eigenvalue weighted by Crippen LogP contribution is -2.51. The number of amides is 5. The number of barbiturate groups is 1. The lowest BCUT2D eigenvalue weighted by Gasteiger charge is -2.32. The second-order valence-electron chi connectivity index (χ2n) is 8.39. The molecule has 3 aliphatic heterocycles. The summed E-state index contributed by atoms with van der Waals surface area (Å²) >= 11 is 0. The lowest BCUT2D eigenvalue weighted by atomic mass is 10.1. The van der Waals surface area contributed by atoms with E-state index in [4.69, 9.17) is 4.74 Å². The van der Waals surface area contributed by atoms with Gasteiger partial charge in [-0.05, 0) is 35.9 Å². The molecule has 0 radical (unpaired) electrons. The minimum atomic E-state index is -3.84. The van der Waals surface area contributed by atoms with Crippen molar-refractivity contribution < 1.29 is 46.6 Å². The minimum absolute atomic E-state index is 0.0468. The monoisotopic (exact) mass is 517 g/mol. The fourth-order valence-corrected chi connectivity index (χ4v) is 4.14. The van der Waals surface area contributed by atoms with Crippen molar-refractivity contribution in [2.24, 2.45) is 0 Å². The number of benzene rings is 2. The molecular weight excluding hydrogens is 499 g/mol. The molecule has 0 unspecified atom stereocenters. The molecule has 2 aromatic rings. The Bertz CT molecular complexity index is 1330. The Morgan fingerprint density at radius 3 is 2.43 bits per heavy atom. The van der Waals surface area contributed by atoms with Crippen LogP contribution in [0.1, 0.15) is 28.8 Å². The highest BCUT2D eigenvalue weighted by Gasteiger charge is 2.45. The van der Waals surface area contributed by atoms with Crippen molar-refractivity contribution in [1.82, 2.24) is 15.5 Å². The fourth-order valence-electron chi connectivity index (χ4n) is 4.14. The van der Waals surface area contributed by atoms with Gasteiger partial charge in [0.25, 0.3) is 17.7 Å². The van der Waals surface area contributed by atoms with Crippen LogP contribution in [-0.4, -0.2) is 54.1 Å². The highest BCUT2D eigenvalue weighted by molar-refractivity contribution is 6.31. The van der Waals surface area contributed by atoms with Gasteiger partial charge in [0.2, 0.25) is 0 Å². The van der Waals surface area contributed by atoms with E-state index in [9.17, 15) is 32.3 Å². The first-order chi connectivity index (χ1) is 17.6. The van der Waals surface area contributed by atoms with Crippen LogP contribution in [0.2, 0.25) is 0 Å². The largest absolute Gasteiger partial charge is 0.586 e. The van der Waals surface area contributed by atoms with E-state index in [1.165, 1.54) is 35.2 Å². The molecule has 13 heteroatoms. The Kier molecular flexibility index (Phi) is 5.97. The maximum Gasteiger partial charge on any atom is 0.586 e. The van der Waals surface area contributed by atoms with Gasteiger partial charge in [0.05, 0.1) is 5.56 Å². The van der Waals surface area contributed by atoms with Gasteiger partial charge in [-0.1, -0.05) is 12.1 Å². The molecule has 2 N–H and O–H groups in total. The Morgan fingerprint density at radius 1 is 1.05 bits per heavy atom. The summed E-state index contributed by atoms with van der Waals surface area (Å²) in [6, 6.07) is 6.99. The summed E-state index contributed by atoms with van der Waals surface area (Å²) in [6.45, 7) is 0.471. The summed E-state index contributed by atoms with van der Waals surface area (Å²) in [7, 11) is 0. The minimum Gasteiger partial charge on any atom is -0.487 e. The number of urea groups is 1. The van der Waals surface area contributed by atoms with Gasteiger partial charge >= 0.3 is 12.3 Å². The molecule has 5 amide bonds. The number of ether oxygens (including phenoxy) is 3. The van der Waals surface area contributed by atoms with Gasteiger partial charge < -0.3 is 19.1 Å². The van der Waals surface area contributed by atoms with Gasteiger partial charge in [0.15, 0.2) is 23.1 Å². The Morgan fingerprint density at radius 2 is 1.76 bits per heavy atom. The van der Waals surface area contributed by atoms with Crippen molar-refractivity contribution in [3.63, 3.8) is 0 Å². The zero-order valence-corrected chi connectivity index (χ0v) is 18.9. The van der Waals surface area contributed by atoms with Crippen LogP contribution in [0.15, 0.2) is 42.0 Å². The summed E-state index contributed by atoms with van der Waals surface area (Å²) in [5.74, 6) is -3.64. The first-order valence-electron chi connectivity index (χ1n) is 11.1. The molecule has 0 atom stereocenters. The Hall–Kier alpha value is -4.55. The van der Waals surface area contributed by atoms with Gasteiger partial charge in [-0.15, -0.1) is 8.78 Å². The van der Waals surface area contributed by atoms with E-state index in [0.29, 0.717) is 12.8 Å². The van der Waals surface area contributed by atoms with Crippen molar-refractivity contribution in [3.05, 3.63) is 58.9 Å². The zero-order chi connectivity index (χ0) is 26.3. The zero-order valence-electron chi connectivity index (χ0n) is 18.9. The van der Waals surface area contributed by atoms with Crippen LogP contribution in [0.5, 0.6) is 17.2 Å². The van der Waals surface area contributed by atoms with E-state index >= 15 is 0 Å². The topological polar surface area (TPSA) is 123 Å². The fraction of sp³-hybridized carbons (Fsp3) is 0.250. The lowest BCUT2D eigenvalue weighted by molar-refractivity contribution is -0.286. The van der Waals surface area contributed by atoms with E-state index in [1.54, 1.807) is 0 Å². The molecule has 192 valence electrons. The molecule has 2 fully saturated rings. The molecule has 10 nitrogen and oxygen atoms in total. The van der Waals surface area contributed by atoms with E-state index in [1.807, 2.05) is 10.6 Å². The van der Waals surface area contributed by atoms with Gasteiger partial charge in [-0.25, -0.2) is 9.18 Å². The molecular formula is C24H18F3N3O7. The summed E-state index contributed by atoms with van der Waals surface area (Å²) in [5.41, 5.74) is -0.198. The number of nitrogens with zero attached hydrogens (tertiary/aromatic N) is 1. The second kappa shape index (κ2) is 9.15. The molecule has 0 spiro atoms. The van der Waals surface area contributed by atoms with Crippen LogP contribution in [0, 0.1) is 5.82 Å². The number of rotatable bonds is 4. The molecule has 2 aromatic carbocycles. The normalized spacial score (nSPS) is 18.8. The molecule has 37 heavy (non-hydrogen) atoms. The van der Waals surface area contributed by atoms with Crippen LogP contribution < -0.4 is 24.8 Å². The number of imide groups is 2. The Balaban J connectivity index is 1.21. The average Bonchev–Trinajstić information content (AvgIpc) is 3.17. The molecule has 0 aliphatic carbocycles. The van der Waals surface area contributed by atoms with Crippen molar-refractivity contribution >= 4 is 29.8 Å². The van der Waals surface area contributed by atoms with Crippen LogP contribution in [0.3, 0.4) is 0 Å². The highest BCUT2D eigenvalue weighted by Crippen LogP contribution is 2.43. The quantitative estimate of drug-likeness (QED) is 0.472. The van der Waals surface area contributed by atoms with E-state index in [-0.39, 0.29) is 47.0 Å². The molecule has 0 bridgehead atoms. The smallest absolute Gasteiger partial charge is 0.487 e. The number of halogens is 3. The number of carbonyl (C=O) groups excluding carboxylic acids is 4. The van der Waals surface area contributed by atoms with Crippen molar-refractivity contribution in [3.8, 4) is 17.2 Å². The first-order valence-corrected chi connectivity index (χ1v) is 11.1. The van der Waals surface area contributed by atoms with Gasteiger partial charge in [0.1, 0.15) is 11.7 Å².